The van der Waals surface area contributed by atoms with Gasteiger partial charge in [-0.1, -0.05) is 12.1 Å². The number of para-hydroxylation sites is 1. The van der Waals surface area contributed by atoms with Crippen LogP contribution in [0.2, 0.25) is 0 Å². The van der Waals surface area contributed by atoms with Gasteiger partial charge < -0.3 is 10.2 Å². The predicted octanol–water partition coefficient (Wildman–Crippen LogP) is 2.64. The van der Waals surface area contributed by atoms with Gasteiger partial charge in [-0.3, -0.25) is 0 Å². The number of fused-ring (bicyclic) bond motifs is 1. The summed E-state index contributed by atoms with van der Waals surface area (Å²) in [7, 11) is 0. The second kappa shape index (κ2) is 3.76. The molecular weight excluding hydrogens is 184 g/mol. The highest BCUT2D eigenvalue weighted by Gasteiger charge is 2.19. The number of rotatable bonds is 1. The number of piperidine rings is 1. The summed E-state index contributed by atoms with van der Waals surface area (Å²) in [5.41, 5.74) is 4.34. The quantitative estimate of drug-likeness (QED) is 0.753. The zero-order valence-corrected chi connectivity index (χ0v) is 9.13. The molecule has 0 saturated carbocycles. The Bertz CT molecular complexity index is 354. The number of nitrogens with one attached hydrogen (secondary N) is 1. The van der Waals surface area contributed by atoms with Crippen molar-refractivity contribution < 1.29 is 0 Å². The van der Waals surface area contributed by atoms with Gasteiger partial charge in [0.05, 0.1) is 11.4 Å². The predicted molar refractivity (Wildman–Crippen MR) is 64.7 cm³/mol. The van der Waals surface area contributed by atoms with Crippen molar-refractivity contribution in [1.29, 1.82) is 0 Å². The van der Waals surface area contributed by atoms with Gasteiger partial charge in [-0.25, -0.2) is 0 Å². The van der Waals surface area contributed by atoms with Crippen molar-refractivity contribution >= 4 is 11.4 Å². The Morgan fingerprint density at radius 1 is 1.07 bits per heavy atom. The first kappa shape index (κ1) is 9.08. The highest BCUT2D eigenvalue weighted by molar-refractivity contribution is 5.75. The van der Waals surface area contributed by atoms with Gasteiger partial charge in [0.2, 0.25) is 0 Å². The monoisotopic (exact) mass is 202 g/mol. The van der Waals surface area contributed by atoms with E-state index in [4.69, 9.17) is 0 Å². The topological polar surface area (TPSA) is 15.3 Å². The van der Waals surface area contributed by atoms with Crippen LogP contribution in [0.4, 0.5) is 11.4 Å². The molecule has 0 bridgehead atoms. The molecule has 0 atom stereocenters. The molecule has 1 N–H and O–H groups in total. The molecular formula is C13H18N2. The van der Waals surface area contributed by atoms with Gasteiger partial charge in [-0.15, -0.1) is 0 Å². The van der Waals surface area contributed by atoms with Crippen molar-refractivity contribution in [3.05, 3.63) is 23.8 Å². The number of hydrogen-bond donors (Lipinski definition) is 1. The molecule has 1 aromatic rings. The highest BCUT2D eigenvalue weighted by Crippen LogP contribution is 2.34. The van der Waals surface area contributed by atoms with Crippen LogP contribution in [0.25, 0.3) is 0 Å². The lowest BCUT2D eigenvalue weighted by Crippen LogP contribution is -2.29. The molecule has 3 rings (SSSR count). The van der Waals surface area contributed by atoms with E-state index in [9.17, 15) is 0 Å². The average molecular weight is 202 g/mol. The molecule has 2 heterocycles. The van der Waals surface area contributed by atoms with Gasteiger partial charge in [0.25, 0.3) is 0 Å². The van der Waals surface area contributed by atoms with E-state index in [1.165, 1.54) is 55.7 Å². The van der Waals surface area contributed by atoms with Gasteiger partial charge in [0.1, 0.15) is 0 Å². The summed E-state index contributed by atoms with van der Waals surface area (Å²) in [6.45, 7) is 3.58. The summed E-state index contributed by atoms with van der Waals surface area (Å²) in [5, 5.41) is 3.52. The molecule has 1 fully saturated rings. The maximum Gasteiger partial charge on any atom is 0.0611 e. The third kappa shape index (κ3) is 1.58. The Balaban J connectivity index is 1.93. The Kier molecular flexibility index (Phi) is 2.28. The number of nitrogens with zero attached hydrogens (tertiary/aromatic N) is 1. The summed E-state index contributed by atoms with van der Waals surface area (Å²) in [6, 6.07) is 6.72. The lowest BCUT2D eigenvalue weighted by Gasteiger charge is -2.30. The molecule has 0 aromatic heterocycles. The molecule has 15 heavy (non-hydrogen) atoms. The molecule has 0 aliphatic carbocycles. The first-order valence-electron chi connectivity index (χ1n) is 6.06. The van der Waals surface area contributed by atoms with Crippen molar-refractivity contribution in [3.8, 4) is 0 Å². The minimum Gasteiger partial charge on any atom is -0.383 e. The van der Waals surface area contributed by atoms with Crippen molar-refractivity contribution in [3.63, 3.8) is 0 Å². The van der Waals surface area contributed by atoms with E-state index in [2.05, 4.69) is 28.4 Å². The van der Waals surface area contributed by atoms with Gasteiger partial charge in [-0.05, 0) is 37.3 Å². The third-order valence-corrected chi connectivity index (χ3v) is 3.52. The van der Waals surface area contributed by atoms with Crippen LogP contribution < -0.4 is 10.2 Å². The third-order valence-electron chi connectivity index (χ3n) is 3.52. The maximum absolute atomic E-state index is 3.52. The Hall–Kier alpha value is -1.18. The van der Waals surface area contributed by atoms with Crippen molar-refractivity contribution in [2.45, 2.75) is 25.7 Å². The van der Waals surface area contributed by atoms with E-state index in [0.29, 0.717) is 0 Å². The molecule has 0 spiro atoms. The zero-order valence-electron chi connectivity index (χ0n) is 9.13. The molecule has 2 aliphatic heterocycles. The van der Waals surface area contributed by atoms with E-state index < -0.39 is 0 Å². The van der Waals surface area contributed by atoms with E-state index in [-0.39, 0.29) is 0 Å². The SMILES string of the molecule is c1cc2c(c(N3CCCCC3)c1)NCC2. The smallest absolute Gasteiger partial charge is 0.0611 e. The molecule has 2 nitrogen and oxygen atoms in total. The van der Waals surface area contributed by atoms with Crippen molar-refractivity contribution in [2.75, 3.05) is 29.9 Å². The highest BCUT2D eigenvalue weighted by atomic mass is 15.2. The van der Waals surface area contributed by atoms with Crippen LogP contribution in [0.3, 0.4) is 0 Å². The van der Waals surface area contributed by atoms with Crippen LogP contribution in [0.1, 0.15) is 24.8 Å². The second-order valence-corrected chi connectivity index (χ2v) is 4.54. The van der Waals surface area contributed by atoms with Crippen molar-refractivity contribution in [1.82, 2.24) is 0 Å². The van der Waals surface area contributed by atoms with Crippen LogP contribution in [0, 0.1) is 0 Å². The molecule has 2 aliphatic rings. The number of anilines is 2. The summed E-state index contributed by atoms with van der Waals surface area (Å²) < 4.78 is 0. The summed E-state index contributed by atoms with van der Waals surface area (Å²) in [5.74, 6) is 0. The first-order chi connectivity index (χ1) is 7.45. The Labute approximate surface area is 91.3 Å². The fourth-order valence-corrected chi connectivity index (χ4v) is 2.72. The van der Waals surface area contributed by atoms with E-state index in [1.54, 1.807) is 0 Å². The average Bonchev–Trinajstić information content (AvgIpc) is 2.78. The van der Waals surface area contributed by atoms with Crippen LogP contribution in [0.5, 0.6) is 0 Å². The minimum absolute atomic E-state index is 1.11. The standard InChI is InChI=1S/C13H18N2/c1-2-9-15(10-3-1)12-6-4-5-11-7-8-14-13(11)12/h4-6,14H,1-3,7-10H2. The van der Waals surface area contributed by atoms with Crippen LogP contribution in [-0.4, -0.2) is 19.6 Å². The van der Waals surface area contributed by atoms with Crippen LogP contribution in [-0.2, 0) is 6.42 Å². The molecule has 2 heteroatoms. The summed E-state index contributed by atoms with van der Waals surface area (Å²) in [4.78, 5) is 2.54. The first-order valence-corrected chi connectivity index (χ1v) is 6.06. The zero-order chi connectivity index (χ0) is 10.1. The van der Waals surface area contributed by atoms with E-state index >= 15 is 0 Å². The van der Waals surface area contributed by atoms with Gasteiger partial charge >= 0.3 is 0 Å². The van der Waals surface area contributed by atoms with Crippen molar-refractivity contribution in [2.24, 2.45) is 0 Å². The summed E-state index contributed by atoms with van der Waals surface area (Å²) in [6.07, 6.45) is 5.29. The fraction of sp³-hybridized carbons (Fsp3) is 0.538. The van der Waals surface area contributed by atoms with E-state index in [1.807, 2.05) is 0 Å². The molecule has 0 unspecified atom stereocenters. The van der Waals surface area contributed by atoms with Gasteiger partial charge in [0, 0.05) is 19.6 Å². The molecule has 80 valence electrons. The number of hydrogen-bond acceptors (Lipinski definition) is 2. The molecule has 0 amide bonds. The van der Waals surface area contributed by atoms with Crippen LogP contribution in [0.15, 0.2) is 18.2 Å². The van der Waals surface area contributed by atoms with Crippen LogP contribution >= 0.6 is 0 Å². The molecule has 0 radical (unpaired) electrons. The Morgan fingerprint density at radius 3 is 2.80 bits per heavy atom. The lowest BCUT2D eigenvalue weighted by atomic mass is 10.1. The summed E-state index contributed by atoms with van der Waals surface area (Å²) >= 11 is 0. The van der Waals surface area contributed by atoms with Gasteiger partial charge in [-0.2, -0.15) is 0 Å². The lowest BCUT2D eigenvalue weighted by molar-refractivity contribution is 0.578. The number of benzene rings is 1. The minimum atomic E-state index is 1.11. The second-order valence-electron chi connectivity index (χ2n) is 4.54. The maximum atomic E-state index is 3.52. The van der Waals surface area contributed by atoms with E-state index in [0.717, 1.165) is 6.54 Å². The molecule has 1 saturated heterocycles. The fourth-order valence-electron chi connectivity index (χ4n) is 2.72. The molecule has 1 aromatic carbocycles. The van der Waals surface area contributed by atoms with Gasteiger partial charge in [0.15, 0.2) is 0 Å². The normalized spacial score (nSPS) is 19.9. The Morgan fingerprint density at radius 2 is 1.93 bits per heavy atom. The largest absolute Gasteiger partial charge is 0.383 e.